The molecule has 0 unspecified atom stereocenters. The summed E-state index contributed by atoms with van der Waals surface area (Å²) in [6.45, 7) is 5.83. The second-order valence-electron chi connectivity index (χ2n) is 6.70. The third-order valence-corrected chi connectivity index (χ3v) is 4.59. The van der Waals surface area contributed by atoms with Gasteiger partial charge in [0.15, 0.2) is 0 Å². The minimum Gasteiger partial charge on any atom is -0.340 e. The van der Waals surface area contributed by atoms with Gasteiger partial charge >= 0.3 is 0 Å². The molecule has 0 aromatic carbocycles. The summed E-state index contributed by atoms with van der Waals surface area (Å²) in [5, 5.41) is 0. The molecule has 4 heteroatoms. The third-order valence-electron chi connectivity index (χ3n) is 4.59. The number of aryl methyl sites for hydroxylation is 2. The van der Waals surface area contributed by atoms with E-state index in [1.54, 1.807) is 0 Å². The fourth-order valence-electron chi connectivity index (χ4n) is 3.33. The van der Waals surface area contributed by atoms with E-state index < -0.39 is 0 Å². The summed E-state index contributed by atoms with van der Waals surface area (Å²) in [4.78, 5) is 21.1. The topological polar surface area (TPSA) is 36.4 Å². The molecule has 1 saturated heterocycles. The molecule has 0 bridgehead atoms. The van der Waals surface area contributed by atoms with Gasteiger partial charge in [0, 0.05) is 25.2 Å². The lowest BCUT2D eigenvalue weighted by atomic mass is 9.98. The van der Waals surface area contributed by atoms with Crippen LogP contribution in [0.4, 0.5) is 0 Å². The average Bonchev–Trinajstić information content (AvgIpc) is 2.45. The molecule has 0 radical (unpaired) electrons. The number of pyridine rings is 1. The van der Waals surface area contributed by atoms with Gasteiger partial charge in [-0.05, 0) is 64.4 Å². The van der Waals surface area contributed by atoms with Gasteiger partial charge in [-0.25, -0.2) is 0 Å². The van der Waals surface area contributed by atoms with Crippen molar-refractivity contribution in [1.29, 1.82) is 0 Å². The Morgan fingerprint density at radius 1 is 1.36 bits per heavy atom. The highest BCUT2D eigenvalue weighted by atomic mass is 16.2. The Bertz CT molecular complexity index is 495. The number of rotatable bonds is 5. The predicted octanol–water partition coefficient (Wildman–Crippen LogP) is 2.92. The zero-order valence-corrected chi connectivity index (χ0v) is 14.4. The number of carbonyl (C=O) groups excluding carboxylic acids is 1. The van der Waals surface area contributed by atoms with Crippen molar-refractivity contribution in [2.24, 2.45) is 0 Å². The van der Waals surface area contributed by atoms with E-state index in [0.29, 0.717) is 19.0 Å². The lowest BCUT2D eigenvalue weighted by Crippen LogP contribution is -2.37. The van der Waals surface area contributed by atoms with Crippen molar-refractivity contribution < 1.29 is 4.79 Å². The third kappa shape index (κ3) is 4.80. The number of aromatic nitrogens is 1. The average molecular weight is 303 g/mol. The van der Waals surface area contributed by atoms with Crippen molar-refractivity contribution in [3.8, 4) is 0 Å². The summed E-state index contributed by atoms with van der Waals surface area (Å²) in [5.74, 6) is 0.222. The SMILES string of the molecule is Cc1cc(C)nc(CN(C)C(=O)CC[C@@H]2CCCCN2C)c1. The smallest absolute Gasteiger partial charge is 0.222 e. The molecule has 2 rings (SSSR count). The van der Waals surface area contributed by atoms with Gasteiger partial charge in [-0.15, -0.1) is 0 Å². The molecular weight excluding hydrogens is 274 g/mol. The molecule has 0 aliphatic carbocycles. The summed E-state index contributed by atoms with van der Waals surface area (Å²) in [6.07, 6.45) is 5.42. The lowest BCUT2D eigenvalue weighted by molar-refractivity contribution is -0.130. The van der Waals surface area contributed by atoms with Crippen LogP contribution in [0, 0.1) is 13.8 Å². The summed E-state index contributed by atoms with van der Waals surface area (Å²) >= 11 is 0. The summed E-state index contributed by atoms with van der Waals surface area (Å²) in [5.41, 5.74) is 3.19. The van der Waals surface area contributed by atoms with Gasteiger partial charge in [0.1, 0.15) is 0 Å². The number of nitrogens with zero attached hydrogens (tertiary/aromatic N) is 3. The maximum atomic E-state index is 12.3. The van der Waals surface area contributed by atoms with Crippen molar-refractivity contribution in [2.45, 2.75) is 58.5 Å². The predicted molar refractivity (Wildman–Crippen MR) is 89.7 cm³/mol. The van der Waals surface area contributed by atoms with Gasteiger partial charge in [-0.3, -0.25) is 9.78 Å². The molecule has 2 heterocycles. The Kier molecular flexibility index (Phi) is 5.95. The van der Waals surface area contributed by atoms with E-state index in [-0.39, 0.29) is 5.91 Å². The Morgan fingerprint density at radius 2 is 2.14 bits per heavy atom. The van der Waals surface area contributed by atoms with Crippen LogP contribution in [0.2, 0.25) is 0 Å². The normalized spacial score (nSPS) is 19.2. The monoisotopic (exact) mass is 303 g/mol. The highest BCUT2D eigenvalue weighted by molar-refractivity contribution is 5.75. The van der Waals surface area contributed by atoms with Crippen molar-refractivity contribution in [3.05, 3.63) is 29.1 Å². The van der Waals surface area contributed by atoms with E-state index in [2.05, 4.69) is 36.0 Å². The van der Waals surface area contributed by atoms with Crippen molar-refractivity contribution >= 4 is 5.91 Å². The van der Waals surface area contributed by atoms with E-state index >= 15 is 0 Å². The van der Waals surface area contributed by atoms with Gasteiger partial charge in [-0.1, -0.05) is 6.42 Å². The zero-order chi connectivity index (χ0) is 16.1. The number of piperidine rings is 1. The second kappa shape index (κ2) is 7.73. The molecule has 122 valence electrons. The molecule has 0 spiro atoms. The zero-order valence-electron chi connectivity index (χ0n) is 14.4. The number of likely N-dealkylation sites (tertiary alicyclic amines) is 1. The minimum absolute atomic E-state index is 0.222. The van der Waals surface area contributed by atoms with Crippen LogP contribution in [0.25, 0.3) is 0 Å². The first kappa shape index (κ1) is 16.9. The van der Waals surface area contributed by atoms with Crippen LogP contribution in [0.15, 0.2) is 12.1 Å². The lowest BCUT2D eigenvalue weighted by Gasteiger charge is -2.32. The molecule has 1 aliphatic heterocycles. The van der Waals surface area contributed by atoms with Crippen molar-refractivity contribution in [2.75, 3.05) is 20.6 Å². The van der Waals surface area contributed by atoms with Crippen LogP contribution in [0.1, 0.15) is 49.1 Å². The molecule has 1 aromatic rings. The largest absolute Gasteiger partial charge is 0.340 e. The van der Waals surface area contributed by atoms with Crippen LogP contribution in [0.3, 0.4) is 0 Å². The summed E-state index contributed by atoms with van der Waals surface area (Å²) < 4.78 is 0. The first-order valence-corrected chi connectivity index (χ1v) is 8.34. The van der Waals surface area contributed by atoms with Crippen molar-refractivity contribution in [3.63, 3.8) is 0 Å². The van der Waals surface area contributed by atoms with Crippen LogP contribution >= 0.6 is 0 Å². The van der Waals surface area contributed by atoms with Gasteiger partial charge in [0.2, 0.25) is 5.91 Å². The number of hydrogen-bond donors (Lipinski definition) is 0. The highest BCUT2D eigenvalue weighted by Crippen LogP contribution is 2.19. The van der Waals surface area contributed by atoms with Gasteiger partial charge < -0.3 is 9.80 Å². The fraction of sp³-hybridized carbons (Fsp3) is 0.667. The first-order chi connectivity index (χ1) is 10.5. The standard InChI is InChI=1S/C18H29N3O/c1-14-11-15(2)19-16(12-14)13-21(4)18(22)9-8-17-7-5-6-10-20(17)3/h11-12,17H,5-10,13H2,1-4H3/t17-/m0/s1. The molecule has 1 atom stereocenters. The fourth-order valence-corrected chi connectivity index (χ4v) is 3.33. The van der Waals surface area contributed by atoms with Crippen LogP contribution in [0.5, 0.6) is 0 Å². The van der Waals surface area contributed by atoms with Crippen LogP contribution in [-0.2, 0) is 11.3 Å². The molecule has 0 N–H and O–H groups in total. The summed E-state index contributed by atoms with van der Waals surface area (Å²) in [6, 6.07) is 4.70. The molecule has 0 saturated carbocycles. The molecule has 1 fully saturated rings. The summed E-state index contributed by atoms with van der Waals surface area (Å²) in [7, 11) is 4.06. The molecular formula is C18H29N3O. The highest BCUT2D eigenvalue weighted by Gasteiger charge is 2.20. The maximum Gasteiger partial charge on any atom is 0.222 e. The molecule has 4 nitrogen and oxygen atoms in total. The quantitative estimate of drug-likeness (QED) is 0.839. The van der Waals surface area contributed by atoms with E-state index in [0.717, 1.165) is 17.8 Å². The van der Waals surface area contributed by atoms with E-state index in [9.17, 15) is 4.79 Å². The number of amides is 1. The van der Waals surface area contributed by atoms with Gasteiger partial charge in [-0.2, -0.15) is 0 Å². The number of carbonyl (C=O) groups is 1. The van der Waals surface area contributed by atoms with Crippen molar-refractivity contribution in [1.82, 2.24) is 14.8 Å². The Hall–Kier alpha value is -1.42. The molecule has 22 heavy (non-hydrogen) atoms. The Balaban J connectivity index is 1.83. The van der Waals surface area contributed by atoms with E-state index in [1.807, 2.05) is 18.9 Å². The Labute approximate surface area is 134 Å². The maximum absolute atomic E-state index is 12.3. The Morgan fingerprint density at radius 3 is 2.82 bits per heavy atom. The molecule has 1 amide bonds. The molecule has 1 aromatic heterocycles. The van der Waals surface area contributed by atoms with Crippen LogP contribution in [-0.4, -0.2) is 47.4 Å². The van der Waals surface area contributed by atoms with E-state index in [1.165, 1.54) is 31.4 Å². The molecule has 1 aliphatic rings. The first-order valence-electron chi connectivity index (χ1n) is 8.34. The minimum atomic E-state index is 0.222. The van der Waals surface area contributed by atoms with Crippen LogP contribution < -0.4 is 0 Å². The second-order valence-corrected chi connectivity index (χ2v) is 6.70. The van der Waals surface area contributed by atoms with Gasteiger partial charge in [0.05, 0.1) is 12.2 Å². The van der Waals surface area contributed by atoms with Gasteiger partial charge in [0.25, 0.3) is 0 Å². The number of hydrogen-bond acceptors (Lipinski definition) is 3. The van der Waals surface area contributed by atoms with E-state index in [4.69, 9.17) is 0 Å².